The van der Waals surface area contributed by atoms with Crippen molar-refractivity contribution in [1.29, 1.82) is 5.26 Å². The van der Waals surface area contributed by atoms with Gasteiger partial charge >= 0.3 is 0 Å². The van der Waals surface area contributed by atoms with Gasteiger partial charge in [0.25, 0.3) is 5.56 Å². The predicted molar refractivity (Wildman–Crippen MR) is 61.6 cm³/mol. The van der Waals surface area contributed by atoms with Crippen LogP contribution >= 0.6 is 23.2 Å². The molecule has 0 N–H and O–H groups in total. The lowest BCUT2D eigenvalue weighted by Crippen LogP contribution is -2.20. The fraction of sp³-hybridized carbons (Fsp3) is 0.100. The first kappa shape index (κ1) is 10.9. The van der Waals surface area contributed by atoms with Crippen molar-refractivity contribution in [1.82, 2.24) is 9.55 Å². The molecule has 16 heavy (non-hydrogen) atoms. The van der Waals surface area contributed by atoms with Crippen molar-refractivity contribution in [2.75, 3.05) is 0 Å². The third kappa shape index (κ3) is 1.75. The summed E-state index contributed by atoms with van der Waals surface area (Å²) in [5.74, 6) is 0. The molecule has 6 heteroatoms. The summed E-state index contributed by atoms with van der Waals surface area (Å²) in [5.41, 5.74) is 0.0706. The largest absolute Gasteiger partial charge is 0.285 e. The zero-order chi connectivity index (χ0) is 11.7. The normalized spacial score (nSPS) is 10.3. The van der Waals surface area contributed by atoms with E-state index in [1.54, 1.807) is 0 Å². The van der Waals surface area contributed by atoms with Crippen molar-refractivity contribution >= 4 is 34.1 Å². The van der Waals surface area contributed by atoms with Crippen LogP contribution in [0.1, 0.15) is 0 Å². The lowest BCUT2D eigenvalue weighted by molar-refractivity contribution is 0.775. The lowest BCUT2D eigenvalue weighted by Gasteiger charge is -2.03. The van der Waals surface area contributed by atoms with Gasteiger partial charge in [-0.2, -0.15) is 5.26 Å². The van der Waals surface area contributed by atoms with Gasteiger partial charge in [0, 0.05) is 5.02 Å². The number of benzene rings is 1. The quantitative estimate of drug-likeness (QED) is 0.783. The van der Waals surface area contributed by atoms with E-state index >= 15 is 0 Å². The third-order valence-electron chi connectivity index (χ3n) is 2.09. The lowest BCUT2D eigenvalue weighted by atomic mass is 10.2. The van der Waals surface area contributed by atoms with Crippen molar-refractivity contribution in [3.8, 4) is 6.07 Å². The van der Waals surface area contributed by atoms with E-state index in [2.05, 4.69) is 4.98 Å². The van der Waals surface area contributed by atoms with Gasteiger partial charge in [0.05, 0.1) is 28.3 Å². The minimum absolute atomic E-state index is 0.0497. The maximum atomic E-state index is 11.9. The Morgan fingerprint density at radius 2 is 2.19 bits per heavy atom. The van der Waals surface area contributed by atoms with E-state index in [1.165, 1.54) is 23.0 Å². The number of halogens is 2. The maximum absolute atomic E-state index is 11.9. The van der Waals surface area contributed by atoms with Crippen molar-refractivity contribution in [3.05, 3.63) is 38.9 Å². The van der Waals surface area contributed by atoms with Gasteiger partial charge in [-0.15, -0.1) is 0 Å². The SMILES string of the molecule is N#CCn1cnc2c(Cl)cc(Cl)cc2c1=O. The highest BCUT2D eigenvalue weighted by molar-refractivity contribution is 6.38. The Morgan fingerprint density at radius 3 is 2.88 bits per heavy atom. The molecule has 80 valence electrons. The summed E-state index contributed by atoms with van der Waals surface area (Å²) in [7, 11) is 0. The molecule has 0 atom stereocenters. The van der Waals surface area contributed by atoms with Gasteiger partial charge in [-0.3, -0.25) is 9.36 Å². The van der Waals surface area contributed by atoms with Gasteiger partial charge in [0.15, 0.2) is 0 Å². The van der Waals surface area contributed by atoms with Gasteiger partial charge in [0.1, 0.15) is 6.54 Å². The number of fused-ring (bicyclic) bond motifs is 1. The third-order valence-corrected chi connectivity index (χ3v) is 2.59. The van der Waals surface area contributed by atoms with Crippen LogP contribution in [-0.2, 0) is 6.54 Å². The molecule has 2 aromatic rings. The highest BCUT2D eigenvalue weighted by Crippen LogP contribution is 2.23. The molecule has 0 saturated carbocycles. The molecule has 0 spiro atoms. The summed E-state index contributed by atoms with van der Waals surface area (Å²) in [6, 6.07) is 4.89. The minimum atomic E-state index is -0.323. The van der Waals surface area contributed by atoms with E-state index in [4.69, 9.17) is 28.5 Å². The molecule has 4 nitrogen and oxygen atoms in total. The van der Waals surface area contributed by atoms with Crippen LogP contribution in [-0.4, -0.2) is 9.55 Å². The smallest absolute Gasteiger partial charge is 0.262 e. The predicted octanol–water partition coefficient (Wildman–Crippen LogP) is 2.23. The summed E-state index contributed by atoms with van der Waals surface area (Å²) in [4.78, 5) is 15.9. The number of rotatable bonds is 1. The Hall–Kier alpha value is -1.57. The van der Waals surface area contributed by atoms with Crippen LogP contribution in [0.15, 0.2) is 23.3 Å². The van der Waals surface area contributed by atoms with Crippen molar-refractivity contribution in [2.24, 2.45) is 0 Å². The van der Waals surface area contributed by atoms with Gasteiger partial charge in [-0.05, 0) is 12.1 Å². The Bertz CT molecular complexity index is 657. The summed E-state index contributed by atoms with van der Waals surface area (Å²) < 4.78 is 1.20. The molecule has 1 aromatic carbocycles. The second kappa shape index (κ2) is 4.12. The van der Waals surface area contributed by atoms with E-state index in [-0.39, 0.29) is 12.1 Å². The second-order valence-corrected chi connectivity index (χ2v) is 3.96. The molecule has 0 amide bonds. The first-order chi connectivity index (χ1) is 7.63. The van der Waals surface area contributed by atoms with Crippen LogP contribution in [0.2, 0.25) is 10.0 Å². The summed E-state index contributed by atoms with van der Waals surface area (Å²) >= 11 is 11.7. The molecule has 0 radical (unpaired) electrons. The van der Waals surface area contributed by atoms with E-state index in [9.17, 15) is 4.79 Å². The Morgan fingerprint density at radius 1 is 1.44 bits per heavy atom. The molecule has 1 heterocycles. The van der Waals surface area contributed by atoms with Crippen LogP contribution in [0.3, 0.4) is 0 Å². The highest BCUT2D eigenvalue weighted by Gasteiger charge is 2.08. The topological polar surface area (TPSA) is 58.7 Å². The molecule has 0 saturated heterocycles. The minimum Gasteiger partial charge on any atom is -0.285 e. The molecule has 0 bridgehead atoms. The summed E-state index contributed by atoms with van der Waals surface area (Å²) in [5, 5.41) is 9.54. The van der Waals surface area contributed by atoms with E-state index in [1.807, 2.05) is 6.07 Å². The zero-order valence-electron chi connectivity index (χ0n) is 7.94. The second-order valence-electron chi connectivity index (χ2n) is 3.12. The van der Waals surface area contributed by atoms with Crippen LogP contribution < -0.4 is 5.56 Å². The average Bonchev–Trinajstić information content (AvgIpc) is 2.23. The number of nitrogens with zero attached hydrogens (tertiary/aromatic N) is 3. The molecule has 0 aliphatic rings. The Labute approximate surface area is 101 Å². The highest BCUT2D eigenvalue weighted by atomic mass is 35.5. The fourth-order valence-corrected chi connectivity index (χ4v) is 1.93. The monoisotopic (exact) mass is 253 g/mol. The molecule has 0 fully saturated rings. The molecule has 0 unspecified atom stereocenters. The molecule has 0 aliphatic heterocycles. The standard InChI is InChI=1S/C10H5Cl2N3O/c11-6-3-7-9(8(12)4-6)14-5-15(2-1-13)10(7)16/h3-5H,2H2. The summed E-state index contributed by atoms with van der Waals surface area (Å²) in [6.45, 7) is -0.0497. The molecule has 1 aromatic heterocycles. The molecular formula is C10H5Cl2N3O. The molecule has 0 aliphatic carbocycles. The zero-order valence-corrected chi connectivity index (χ0v) is 9.46. The number of aromatic nitrogens is 2. The van der Waals surface area contributed by atoms with E-state index in [0.717, 1.165) is 0 Å². The van der Waals surface area contributed by atoms with Gasteiger partial charge in [-0.25, -0.2) is 4.98 Å². The molecular weight excluding hydrogens is 249 g/mol. The first-order valence-electron chi connectivity index (χ1n) is 4.34. The van der Waals surface area contributed by atoms with Gasteiger partial charge in [0.2, 0.25) is 0 Å². The Balaban J connectivity index is 2.85. The fourth-order valence-electron chi connectivity index (χ4n) is 1.38. The summed E-state index contributed by atoms with van der Waals surface area (Å²) in [6.07, 6.45) is 1.30. The van der Waals surface area contributed by atoms with Crippen molar-refractivity contribution < 1.29 is 0 Å². The first-order valence-corrected chi connectivity index (χ1v) is 5.10. The Kier molecular flexibility index (Phi) is 2.82. The van der Waals surface area contributed by atoms with Crippen LogP contribution in [0.4, 0.5) is 0 Å². The molecule has 2 rings (SSSR count). The van der Waals surface area contributed by atoms with Gasteiger partial charge < -0.3 is 0 Å². The maximum Gasteiger partial charge on any atom is 0.262 e. The van der Waals surface area contributed by atoms with Crippen LogP contribution in [0.5, 0.6) is 0 Å². The van der Waals surface area contributed by atoms with E-state index in [0.29, 0.717) is 20.9 Å². The number of hydrogen-bond donors (Lipinski definition) is 0. The van der Waals surface area contributed by atoms with Gasteiger partial charge in [-0.1, -0.05) is 23.2 Å². The van der Waals surface area contributed by atoms with Crippen molar-refractivity contribution in [2.45, 2.75) is 6.54 Å². The van der Waals surface area contributed by atoms with E-state index < -0.39 is 0 Å². The number of nitriles is 1. The average molecular weight is 254 g/mol. The van der Waals surface area contributed by atoms with Crippen LogP contribution in [0.25, 0.3) is 10.9 Å². The van der Waals surface area contributed by atoms with Crippen LogP contribution in [0, 0.1) is 11.3 Å². The van der Waals surface area contributed by atoms with Crippen molar-refractivity contribution in [3.63, 3.8) is 0 Å². The number of hydrogen-bond acceptors (Lipinski definition) is 3.